The molecule has 110 valence electrons. The number of nitrogens with one attached hydrogen (secondary N) is 1. The summed E-state index contributed by atoms with van der Waals surface area (Å²) in [7, 11) is 1.42. The second-order valence-corrected chi connectivity index (χ2v) is 5.51. The van der Waals surface area contributed by atoms with Crippen molar-refractivity contribution in [2.75, 3.05) is 7.11 Å². The van der Waals surface area contributed by atoms with E-state index in [1.165, 1.54) is 12.7 Å². The van der Waals surface area contributed by atoms with Crippen LogP contribution in [0.3, 0.4) is 0 Å². The Labute approximate surface area is 125 Å². The van der Waals surface area contributed by atoms with Crippen LogP contribution < -0.4 is 5.48 Å². The molecule has 1 amide bonds. The van der Waals surface area contributed by atoms with Gasteiger partial charge in [0.2, 0.25) is 0 Å². The van der Waals surface area contributed by atoms with Crippen LogP contribution in [0, 0.1) is 5.92 Å². The summed E-state index contributed by atoms with van der Waals surface area (Å²) in [6.45, 7) is 4.44. The molecule has 1 N–H and O–H groups in total. The largest absolute Gasteiger partial charge is 0.277 e. The van der Waals surface area contributed by atoms with Crippen molar-refractivity contribution in [1.82, 2.24) is 5.48 Å². The minimum Gasteiger partial charge on any atom is -0.277 e. The zero-order valence-corrected chi connectivity index (χ0v) is 12.7. The minimum atomic E-state index is -0.240. The molecule has 0 fully saturated rings. The third-order valence-electron chi connectivity index (χ3n) is 3.27. The van der Waals surface area contributed by atoms with Gasteiger partial charge in [0.1, 0.15) is 0 Å². The number of amides is 1. The molecule has 21 heavy (non-hydrogen) atoms. The molecule has 3 heteroatoms. The second kappa shape index (κ2) is 7.04. The molecular formula is C18H21NO2. The van der Waals surface area contributed by atoms with Gasteiger partial charge in [0.25, 0.3) is 5.91 Å². The summed E-state index contributed by atoms with van der Waals surface area (Å²) >= 11 is 0. The van der Waals surface area contributed by atoms with E-state index in [1.54, 1.807) is 12.1 Å². The van der Waals surface area contributed by atoms with E-state index >= 15 is 0 Å². The third-order valence-corrected chi connectivity index (χ3v) is 3.27. The highest BCUT2D eigenvalue weighted by Gasteiger charge is 2.05. The van der Waals surface area contributed by atoms with E-state index < -0.39 is 0 Å². The van der Waals surface area contributed by atoms with Crippen molar-refractivity contribution in [2.45, 2.75) is 20.3 Å². The smallest absolute Gasteiger partial charge is 0.274 e. The highest BCUT2D eigenvalue weighted by Crippen LogP contribution is 2.21. The van der Waals surface area contributed by atoms with E-state index in [1.807, 2.05) is 12.1 Å². The van der Waals surface area contributed by atoms with Gasteiger partial charge in [0.15, 0.2) is 0 Å². The summed E-state index contributed by atoms with van der Waals surface area (Å²) in [5.41, 5.74) is 6.49. The zero-order chi connectivity index (χ0) is 15.2. The van der Waals surface area contributed by atoms with Crippen molar-refractivity contribution in [3.63, 3.8) is 0 Å². The van der Waals surface area contributed by atoms with E-state index in [0.717, 1.165) is 17.5 Å². The maximum atomic E-state index is 11.6. The number of rotatable bonds is 5. The van der Waals surface area contributed by atoms with Crippen molar-refractivity contribution < 1.29 is 9.63 Å². The molecule has 2 aromatic rings. The number of hydrogen-bond donors (Lipinski definition) is 1. The van der Waals surface area contributed by atoms with Crippen molar-refractivity contribution in [3.8, 4) is 11.1 Å². The lowest BCUT2D eigenvalue weighted by atomic mass is 9.98. The zero-order valence-electron chi connectivity index (χ0n) is 12.7. The summed E-state index contributed by atoms with van der Waals surface area (Å²) in [5, 5.41) is 0. The van der Waals surface area contributed by atoms with Gasteiger partial charge >= 0.3 is 0 Å². The molecule has 0 atom stereocenters. The highest BCUT2D eigenvalue weighted by molar-refractivity contribution is 5.93. The normalized spacial score (nSPS) is 10.7. The van der Waals surface area contributed by atoms with E-state index in [9.17, 15) is 4.79 Å². The van der Waals surface area contributed by atoms with Gasteiger partial charge in [-0.1, -0.05) is 50.2 Å². The quantitative estimate of drug-likeness (QED) is 0.847. The SMILES string of the molecule is CONC(=O)c1ccc(-c2ccc(CC(C)C)cc2)cc1. The van der Waals surface area contributed by atoms with Crippen LogP contribution in [0.5, 0.6) is 0 Å². The van der Waals surface area contributed by atoms with E-state index in [0.29, 0.717) is 11.5 Å². The lowest BCUT2D eigenvalue weighted by Crippen LogP contribution is -2.21. The Hall–Kier alpha value is -2.13. The number of carbonyl (C=O) groups is 1. The van der Waals surface area contributed by atoms with E-state index in [4.69, 9.17) is 0 Å². The third kappa shape index (κ3) is 4.17. The van der Waals surface area contributed by atoms with Gasteiger partial charge in [-0.05, 0) is 41.2 Å². The molecule has 2 rings (SSSR count). The van der Waals surface area contributed by atoms with Gasteiger partial charge in [0.05, 0.1) is 7.11 Å². The van der Waals surface area contributed by atoms with Gasteiger partial charge < -0.3 is 0 Å². The Morgan fingerprint density at radius 3 is 2.00 bits per heavy atom. The molecule has 0 saturated carbocycles. The number of benzene rings is 2. The maximum absolute atomic E-state index is 11.6. The van der Waals surface area contributed by atoms with Crippen LogP contribution in [0.1, 0.15) is 29.8 Å². The van der Waals surface area contributed by atoms with Crippen LogP contribution in [0.15, 0.2) is 48.5 Å². The van der Waals surface area contributed by atoms with Gasteiger partial charge in [-0.25, -0.2) is 5.48 Å². The molecule has 0 saturated heterocycles. The Kier molecular flexibility index (Phi) is 5.12. The predicted molar refractivity (Wildman–Crippen MR) is 84.9 cm³/mol. The van der Waals surface area contributed by atoms with Crippen LogP contribution >= 0.6 is 0 Å². The summed E-state index contributed by atoms with van der Waals surface area (Å²) in [6, 6.07) is 16.1. The fourth-order valence-corrected chi connectivity index (χ4v) is 2.27. The predicted octanol–water partition coefficient (Wildman–Crippen LogP) is 3.84. The Morgan fingerprint density at radius 2 is 1.52 bits per heavy atom. The van der Waals surface area contributed by atoms with Crippen molar-refractivity contribution in [2.24, 2.45) is 5.92 Å². The monoisotopic (exact) mass is 283 g/mol. The molecule has 2 aromatic carbocycles. The van der Waals surface area contributed by atoms with Crippen LogP contribution in [0.25, 0.3) is 11.1 Å². The summed E-state index contributed by atoms with van der Waals surface area (Å²) < 4.78 is 0. The standard InChI is InChI=1S/C18H21NO2/c1-13(2)12-14-4-6-15(7-5-14)16-8-10-17(11-9-16)18(20)19-21-3/h4-11,13H,12H2,1-3H3,(H,19,20). The molecule has 0 aromatic heterocycles. The first-order valence-electron chi connectivity index (χ1n) is 7.13. The van der Waals surface area contributed by atoms with Gasteiger partial charge in [-0.3, -0.25) is 9.63 Å². The first-order chi connectivity index (χ1) is 10.1. The molecule has 0 radical (unpaired) electrons. The Balaban J connectivity index is 2.13. The van der Waals surface area contributed by atoms with E-state index in [2.05, 4.69) is 48.4 Å². The molecule has 0 spiro atoms. The topological polar surface area (TPSA) is 38.3 Å². The minimum absolute atomic E-state index is 0.240. The molecule has 0 bridgehead atoms. The molecule has 0 aliphatic heterocycles. The lowest BCUT2D eigenvalue weighted by molar-refractivity contribution is 0.0537. The Morgan fingerprint density at radius 1 is 1.00 bits per heavy atom. The van der Waals surface area contributed by atoms with Gasteiger partial charge in [-0.15, -0.1) is 0 Å². The number of hydrogen-bond acceptors (Lipinski definition) is 2. The fraction of sp³-hybridized carbons (Fsp3) is 0.278. The molecular weight excluding hydrogens is 262 g/mol. The van der Waals surface area contributed by atoms with Crippen LogP contribution in [0.2, 0.25) is 0 Å². The highest BCUT2D eigenvalue weighted by atomic mass is 16.6. The fourth-order valence-electron chi connectivity index (χ4n) is 2.27. The van der Waals surface area contributed by atoms with Crippen molar-refractivity contribution in [3.05, 3.63) is 59.7 Å². The van der Waals surface area contributed by atoms with E-state index in [-0.39, 0.29) is 5.91 Å². The van der Waals surface area contributed by atoms with Gasteiger partial charge in [0, 0.05) is 5.56 Å². The molecule has 0 aliphatic carbocycles. The molecule has 0 unspecified atom stereocenters. The molecule has 0 aliphatic rings. The summed E-state index contributed by atoms with van der Waals surface area (Å²) in [5.74, 6) is 0.422. The first kappa shape index (κ1) is 15.3. The lowest BCUT2D eigenvalue weighted by Gasteiger charge is -2.07. The Bertz CT molecular complexity index is 586. The molecule has 3 nitrogen and oxygen atoms in total. The number of carbonyl (C=O) groups excluding carboxylic acids is 1. The van der Waals surface area contributed by atoms with Gasteiger partial charge in [-0.2, -0.15) is 0 Å². The van der Waals surface area contributed by atoms with Crippen molar-refractivity contribution >= 4 is 5.91 Å². The number of hydroxylamine groups is 1. The second-order valence-electron chi connectivity index (χ2n) is 5.51. The first-order valence-corrected chi connectivity index (χ1v) is 7.13. The summed E-state index contributed by atoms with van der Waals surface area (Å²) in [6.07, 6.45) is 1.09. The van der Waals surface area contributed by atoms with Crippen molar-refractivity contribution in [1.29, 1.82) is 0 Å². The summed E-state index contributed by atoms with van der Waals surface area (Å²) in [4.78, 5) is 16.2. The molecule has 0 heterocycles. The van der Waals surface area contributed by atoms with Crippen LogP contribution in [-0.4, -0.2) is 13.0 Å². The maximum Gasteiger partial charge on any atom is 0.274 e. The average molecular weight is 283 g/mol. The van der Waals surface area contributed by atoms with Crippen LogP contribution in [0.4, 0.5) is 0 Å². The average Bonchev–Trinajstić information content (AvgIpc) is 2.48. The van der Waals surface area contributed by atoms with Crippen LogP contribution in [-0.2, 0) is 11.3 Å².